The SMILES string of the molecule is Cc1cc2ncnc(-c3cc(Cl)cc4c3O[C@@H](c3onc5c3CCCC5)C4)c2s1. The van der Waals surface area contributed by atoms with Crippen LogP contribution in [0.3, 0.4) is 0 Å². The van der Waals surface area contributed by atoms with Gasteiger partial charge in [0.05, 0.1) is 21.6 Å². The second-order valence-corrected chi connectivity index (χ2v) is 9.42. The van der Waals surface area contributed by atoms with Crippen LogP contribution in [0.5, 0.6) is 5.75 Å². The van der Waals surface area contributed by atoms with Gasteiger partial charge in [0, 0.05) is 33.0 Å². The number of nitrogens with zero attached hydrogens (tertiary/aromatic N) is 3. The van der Waals surface area contributed by atoms with Crippen molar-refractivity contribution in [2.75, 3.05) is 0 Å². The summed E-state index contributed by atoms with van der Waals surface area (Å²) in [5.41, 5.74) is 6.14. The molecule has 4 heterocycles. The number of hydrogen-bond donors (Lipinski definition) is 0. The first-order valence-electron chi connectivity index (χ1n) is 9.85. The van der Waals surface area contributed by atoms with Crippen molar-refractivity contribution in [2.24, 2.45) is 0 Å². The molecule has 0 fully saturated rings. The number of aromatic nitrogens is 3. The van der Waals surface area contributed by atoms with Gasteiger partial charge >= 0.3 is 0 Å². The fourth-order valence-corrected chi connectivity index (χ4v) is 5.69. The van der Waals surface area contributed by atoms with E-state index in [0.29, 0.717) is 5.02 Å². The molecule has 1 aromatic carbocycles. The molecule has 0 saturated carbocycles. The zero-order valence-corrected chi connectivity index (χ0v) is 17.4. The van der Waals surface area contributed by atoms with E-state index >= 15 is 0 Å². The molecule has 5 nitrogen and oxygen atoms in total. The summed E-state index contributed by atoms with van der Waals surface area (Å²) in [6.45, 7) is 2.08. The Balaban J connectivity index is 1.46. The number of rotatable bonds is 2. The van der Waals surface area contributed by atoms with Crippen LogP contribution >= 0.6 is 22.9 Å². The van der Waals surface area contributed by atoms with Gasteiger partial charge in [0.1, 0.15) is 12.1 Å². The van der Waals surface area contributed by atoms with Crippen molar-refractivity contribution in [1.82, 2.24) is 15.1 Å². The van der Waals surface area contributed by atoms with Crippen molar-refractivity contribution in [1.29, 1.82) is 0 Å². The van der Waals surface area contributed by atoms with Gasteiger partial charge in [0.25, 0.3) is 0 Å². The van der Waals surface area contributed by atoms with Gasteiger partial charge in [-0.3, -0.25) is 0 Å². The Bertz CT molecular complexity index is 1260. The summed E-state index contributed by atoms with van der Waals surface area (Å²) in [4.78, 5) is 10.2. The van der Waals surface area contributed by atoms with Crippen LogP contribution in [0, 0.1) is 6.92 Å². The third-order valence-electron chi connectivity index (χ3n) is 5.77. The van der Waals surface area contributed by atoms with E-state index in [9.17, 15) is 0 Å². The minimum absolute atomic E-state index is 0.168. The summed E-state index contributed by atoms with van der Waals surface area (Å²) >= 11 is 8.18. The lowest BCUT2D eigenvalue weighted by Crippen LogP contribution is -2.08. The number of ether oxygens (including phenoxy) is 1. The molecule has 0 N–H and O–H groups in total. The number of aryl methyl sites for hydroxylation is 2. The van der Waals surface area contributed by atoms with Gasteiger partial charge in [-0.1, -0.05) is 16.8 Å². The first kappa shape index (κ1) is 17.4. The Morgan fingerprint density at radius 2 is 2.03 bits per heavy atom. The van der Waals surface area contributed by atoms with Crippen LogP contribution in [0.25, 0.3) is 21.5 Å². The van der Waals surface area contributed by atoms with Crippen LogP contribution in [0.15, 0.2) is 29.0 Å². The molecule has 1 aliphatic carbocycles. The van der Waals surface area contributed by atoms with E-state index in [1.807, 2.05) is 12.1 Å². The van der Waals surface area contributed by atoms with E-state index in [1.54, 1.807) is 17.7 Å². The molecule has 0 unspecified atom stereocenters. The molecule has 7 heteroatoms. The zero-order valence-electron chi connectivity index (χ0n) is 15.9. The van der Waals surface area contributed by atoms with Crippen molar-refractivity contribution in [3.63, 3.8) is 0 Å². The topological polar surface area (TPSA) is 61.0 Å². The minimum atomic E-state index is -0.168. The van der Waals surface area contributed by atoms with Gasteiger partial charge in [-0.25, -0.2) is 9.97 Å². The third-order valence-corrected chi connectivity index (χ3v) is 7.03. The van der Waals surface area contributed by atoms with Gasteiger partial charge in [0.15, 0.2) is 11.9 Å². The molecule has 29 heavy (non-hydrogen) atoms. The van der Waals surface area contributed by atoms with Crippen LogP contribution in [0.4, 0.5) is 0 Å². The van der Waals surface area contributed by atoms with Crippen LogP contribution < -0.4 is 4.74 Å². The normalized spacial score (nSPS) is 17.9. The maximum absolute atomic E-state index is 6.49. The molecule has 0 spiro atoms. The summed E-state index contributed by atoms with van der Waals surface area (Å²) in [5, 5.41) is 4.99. The zero-order chi connectivity index (χ0) is 19.5. The summed E-state index contributed by atoms with van der Waals surface area (Å²) in [6, 6.07) is 6.01. The van der Waals surface area contributed by atoms with Crippen LogP contribution in [0.1, 0.15) is 46.4 Å². The standard InChI is InChI=1S/C22H18ClN3O2S/c1-11-6-17-22(29-11)19(25-10-24-17)15-9-13(23)7-12-8-18(27-20(12)15)21-14-4-2-3-5-16(14)26-28-21/h6-7,9-10,18H,2-5,8H2,1H3/t18-/m1/s1. The van der Waals surface area contributed by atoms with Crippen LogP contribution in [-0.2, 0) is 19.3 Å². The fraction of sp³-hybridized carbons (Fsp3) is 0.318. The fourth-order valence-electron chi connectivity index (χ4n) is 4.48. The molecule has 0 saturated heterocycles. The minimum Gasteiger partial charge on any atom is -0.481 e. The first-order valence-corrected chi connectivity index (χ1v) is 11.0. The molecule has 3 aromatic heterocycles. The number of halogens is 1. The Labute approximate surface area is 176 Å². The number of fused-ring (bicyclic) bond motifs is 3. The second-order valence-electron chi connectivity index (χ2n) is 7.73. The molecular weight excluding hydrogens is 406 g/mol. The average molecular weight is 424 g/mol. The lowest BCUT2D eigenvalue weighted by Gasteiger charge is -2.14. The maximum atomic E-state index is 6.49. The van der Waals surface area contributed by atoms with Crippen molar-refractivity contribution < 1.29 is 9.26 Å². The maximum Gasteiger partial charge on any atom is 0.181 e. The predicted octanol–water partition coefficient (Wildman–Crippen LogP) is 5.86. The van der Waals surface area contributed by atoms with Gasteiger partial charge in [-0.05, 0) is 50.8 Å². The molecule has 1 aliphatic heterocycles. The van der Waals surface area contributed by atoms with E-state index in [4.69, 9.17) is 20.9 Å². The summed E-state index contributed by atoms with van der Waals surface area (Å²) in [5.74, 6) is 1.71. The summed E-state index contributed by atoms with van der Waals surface area (Å²) in [7, 11) is 0. The Morgan fingerprint density at radius 3 is 2.97 bits per heavy atom. The van der Waals surface area contributed by atoms with E-state index < -0.39 is 0 Å². The highest BCUT2D eigenvalue weighted by Crippen LogP contribution is 2.47. The monoisotopic (exact) mass is 423 g/mol. The Morgan fingerprint density at radius 1 is 1.14 bits per heavy atom. The number of thiophene rings is 1. The molecule has 0 bridgehead atoms. The van der Waals surface area contributed by atoms with Crippen LogP contribution in [-0.4, -0.2) is 15.1 Å². The lowest BCUT2D eigenvalue weighted by molar-refractivity contribution is 0.189. The molecule has 4 aromatic rings. The highest BCUT2D eigenvalue weighted by Gasteiger charge is 2.34. The van der Waals surface area contributed by atoms with E-state index in [2.05, 4.69) is 28.1 Å². The molecule has 146 valence electrons. The van der Waals surface area contributed by atoms with Gasteiger partial charge < -0.3 is 9.26 Å². The van der Waals surface area contributed by atoms with E-state index in [-0.39, 0.29) is 6.10 Å². The largest absolute Gasteiger partial charge is 0.481 e. The molecule has 2 aliphatic rings. The van der Waals surface area contributed by atoms with Gasteiger partial charge in [-0.2, -0.15) is 0 Å². The summed E-state index contributed by atoms with van der Waals surface area (Å²) < 4.78 is 13.3. The van der Waals surface area contributed by atoms with E-state index in [1.165, 1.54) is 23.3 Å². The third kappa shape index (κ3) is 2.77. The van der Waals surface area contributed by atoms with Crippen molar-refractivity contribution in [3.05, 3.63) is 57.0 Å². The molecular formula is C22H18ClN3O2S. The van der Waals surface area contributed by atoms with Crippen molar-refractivity contribution in [2.45, 2.75) is 45.1 Å². The van der Waals surface area contributed by atoms with Gasteiger partial charge in [0.2, 0.25) is 0 Å². The number of hydrogen-bond acceptors (Lipinski definition) is 6. The van der Waals surface area contributed by atoms with Crippen LogP contribution in [0.2, 0.25) is 5.02 Å². The lowest BCUT2D eigenvalue weighted by atomic mass is 9.94. The molecule has 6 rings (SSSR count). The Hall–Kier alpha value is -2.44. The molecule has 0 amide bonds. The van der Waals surface area contributed by atoms with Gasteiger partial charge in [-0.15, -0.1) is 11.3 Å². The second kappa shape index (κ2) is 6.54. The Kier molecular flexibility index (Phi) is 3.93. The highest BCUT2D eigenvalue weighted by atomic mass is 35.5. The quantitative estimate of drug-likeness (QED) is 0.404. The van der Waals surface area contributed by atoms with Crippen molar-refractivity contribution in [3.8, 4) is 17.0 Å². The van der Waals surface area contributed by atoms with E-state index in [0.717, 1.165) is 63.5 Å². The predicted molar refractivity (Wildman–Crippen MR) is 113 cm³/mol. The smallest absolute Gasteiger partial charge is 0.181 e. The average Bonchev–Trinajstić information content (AvgIpc) is 3.41. The first-order chi connectivity index (χ1) is 14.2. The molecule has 0 radical (unpaired) electrons. The highest BCUT2D eigenvalue weighted by molar-refractivity contribution is 7.19. The van der Waals surface area contributed by atoms with Crippen molar-refractivity contribution >= 4 is 33.2 Å². The molecule has 1 atom stereocenters. The number of benzene rings is 1. The summed E-state index contributed by atoms with van der Waals surface area (Å²) in [6.07, 6.45) is 6.52.